The van der Waals surface area contributed by atoms with Crippen LogP contribution in [0.5, 0.6) is 0 Å². The zero-order chi connectivity index (χ0) is 10.8. The number of H-pyrrole nitrogens is 1. The molecule has 1 heterocycles. The van der Waals surface area contributed by atoms with Crippen molar-refractivity contribution in [2.75, 3.05) is 6.54 Å². The van der Waals surface area contributed by atoms with Crippen LogP contribution in [0.15, 0.2) is 35.1 Å². The van der Waals surface area contributed by atoms with E-state index in [1.54, 1.807) is 24.3 Å². The number of aliphatic hydroxyl groups is 1. The highest BCUT2D eigenvalue weighted by atomic mass is 16.3. The molecule has 1 aromatic carbocycles. The Morgan fingerprint density at radius 3 is 2.87 bits per heavy atom. The van der Waals surface area contributed by atoms with Crippen LogP contribution in [0.3, 0.4) is 0 Å². The number of fused-ring (bicyclic) bond motifs is 1. The molecule has 0 spiro atoms. The van der Waals surface area contributed by atoms with Crippen LogP contribution in [0.2, 0.25) is 0 Å². The SMILES string of the molecule is NCC(O)c1cccc2[nH]c(=O)ccc12. The Bertz CT molecular complexity index is 533. The second-order valence-corrected chi connectivity index (χ2v) is 3.38. The molecule has 2 aromatic rings. The molecule has 2 rings (SSSR count). The van der Waals surface area contributed by atoms with Gasteiger partial charge in [0.25, 0.3) is 0 Å². The normalized spacial score (nSPS) is 12.9. The summed E-state index contributed by atoms with van der Waals surface area (Å²) in [5.74, 6) is 0. The third kappa shape index (κ3) is 1.77. The fraction of sp³-hybridized carbons (Fsp3) is 0.182. The van der Waals surface area contributed by atoms with E-state index in [2.05, 4.69) is 4.98 Å². The van der Waals surface area contributed by atoms with E-state index in [1.165, 1.54) is 6.07 Å². The molecule has 0 saturated heterocycles. The molecule has 1 unspecified atom stereocenters. The second kappa shape index (κ2) is 3.84. The van der Waals surface area contributed by atoms with E-state index < -0.39 is 6.10 Å². The Labute approximate surface area is 86.4 Å². The first-order valence-corrected chi connectivity index (χ1v) is 4.72. The number of hydrogen-bond acceptors (Lipinski definition) is 3. The van der Waals surface area contributed by atoms with Crippen LogP contribution >= 0.6 is 0 Å². The van der Waals surface area contributed by atoms with Gasteiger partial charge in [0.05, 0.1) is 6.10 Å². The van der Waals surface area contributed by atoms with Crippen LogP contribution in [0.4, 0.5) is 0 Å². The lowest BCUT2D eigenvalue weighted by atomic mass is 10.0. The predicted octanol–water partition coefficient (Wildman–Crippen LogP) is 0.520. The molecule has 0 aliphatic carbocycles. The van der Waals surface area contributed by atoms with Crippen LogP contribution in [0, 0.1) is 0 Å². The number of rotatable bonds is 2. The number of hydrogen-bond donors (Lipinski definition) is 3. The van der Waals surface area contributed by atoms with E-state index in [-0.39, 0.29) is 12.1 Å². The monoisotopic (exact) mass is 204 g/mol. The second-order valence-electron chi connectivity index (χ2n) is 3.38. The molecule has 4 nitrogen and oxygen atoms in total. The van der Waals surface area contributed by atoms with E-state index in [4.69, 9.17) is 5.73 Å². The molecule has 0 radical (unpaired) electrons. The van der Waals surface area contributed by atoms with Crippen molar-refractivity contribution in [1.82, 2.24) is 4.98 Å². The zero-order valence-electron chi connectivity index (χ0n) is 8.10. The lowest BCUT2D eigenvalue weighted by Crippen LogP contribution is -2.12. The maximum Gasteiger partial charge on any atom is 0.248 e. The number of aliphatic hydroxyl groups excluding tert-OH is 1. The molecule has 0 bridgehead atoms. The van der Waals surface area contributed by atoms with Crippen molar-refractivity contribution >= 4 is 10.9 Å². The molecule has 0 aliphatic rings. The average molecular weight is 204 g/mol. The van der Waals surface area contributed by atoms with Gasteiger partial charge in [-0.25, -0.2) is 0 Å². The first kappa shape index (κ1) is 9.89. The van der Waals surface area contributed by atoms with Gasteiger partial charge in [0.15, 0.2) is 0 Å². The van der Waals surface area contributed by atoms with E-state index >= 15 is 0 Å². The van der Waals surface area contributed by atoms with Crippen molar-refractivity contribution in [3.63, 3.8) is 0 Å². The van der Waals surface area contributed by atoms with Crippen molar-refractivity contribution in [1.29, 1.82) is 0 Å². The minimum atomic E-state index is -0.695. The quantitative estimate of drug-likeness (QED) is 0.667. The first-order valence-electron chi connectivity index (χ1n) is 4.72. The highest BCUT2D eigenvalue weighted by Crippen LogP contribution is 2.21. The first-order chi connectivity index (χ1) is 7.22. The van der Waals surface area contributed by atoms with Crippen LogP contribution in [0.25, 0.3) is 10.9 Å². The summed E-state index contributed by atoms with van der Waals surface area (Å²) < 4.78 is 0. The molecule has 1 atom stereocenters. The average Bonchev–Trinajstić information content (AvgIpc) is 2.26. The highest BCUT2D eigenvalue weighted by Gasteiger charge is 2.08. The largest absolute Gasteiger partial charge is 0.387 e. The lowest BCUT2D eigenvalue weighted by Gasteiger charge is -2.10. The molecule has 0 aliphatic heterocycles. The van der Waals surface area contributed by atoms with Gasteiger partial charge in [-0.2, -0.15) is 0 Å². The zero-order valence-corrected chi connectivity index (χ0v) is 8.10. The minimum Gasteiger partial charge on any atom is -0.387 e. The standard InChI is InChI=1S/C11H12N2O2/c12-6-10(14)8-2-1-3-9-7(8)4-5-11(15)13-9/h1-5,10,14H,6,12H2,(H,13,15). The molecule has 0 saturated carbocycles. The Kier molecular flexibility index (Phi) is 2.53. The van der Waals surface area contributed by atoms with Crippen molar-refractivity contribution in [3.05, 3.63) is 46.2 Å². The number of aromatic nitrogens is 1. The van der Waals surface area contributed by atoms with Gasteiger partial charge in [0, 0.05) is 23.5 Å². The van der Waals surface area contributed by atoms with Crippen molar-refractivity contribution in [2.45, 2.75) is 6.10 Å². The smallest absolute Gasteiger partial charge is 0.248 e. The molecule has 0 amide bonds. The van der Waals surface area contributed by atoms with E-state index in [0.717, 1.165) is 10.9 Å². The van der Waals surface area contributed by atoms with E-state index in [1.807, 2.05) is 0 Å². The van der Waals surface area contributed by atoms with Crippen molar-refractivity contribution < 1.29 is 5.11 Å². The van der Waals surface area contributed by atoms with Gasteiger partial charge in [-0.3, -0.25) is 4.79 Å². The Hall–Kier alpha value is -1.65. The summed E-state index contributed by atoms with van der Waals surface area (Å²) in [5, 5.41) is 10.5. The van der Waals surface area contributed by atoms with Gasteiger partial charge in [-0.15, -0.1) is 0 Å². The molecule has 4 N–H and O–H groups in total. The molecule has 78 valence electrons. The van der Waals surface area contributed by atoms with Crippen molar-refractivity contribution in [3.8, 4) is 0 Å². The van der Waals surface area contributed by atoms with Gasteiger partial charge >= 0.3 is 0 Å². The fourth-order valence-electron chi connectivity index (χ4n) is 1.63. The predicted molar refractivity (Wildman–Crippen MR) is 58.6 cm³/mol. The van der Waals surface area contributed by atoms with Crippen LogP contribution in [-0.4, -0.2) is 16.6 Å². The topological polar surface area (TPSA) is 79.1 Å². The van der Waals surface area contributed by atoms with Crippen LogP contribution in [0.1, 0.15) is 11.7 Å². The summed E-state index contributed by atoms with van der Waals surface area (Å²) in [6.45, 7) is 0.165. The van der Waals surface area contributed by atoms with E-state index in [0.29, 0.717) is 5.52 Å². The summed E-state index contributed by atoms with van der Waals surface area (Å²) in [5.41, 5.74) is 6.71. The maximum absolute atomic E-state index is 11.1. The molecule has 0 fully saturated rings. The molecular weight excluding hydrogens is 192 g/mol. The summed E-state index contributed by atoms with van der Waals surface area (Å²) >= 11 is 0. The number of nitrogens with two attached hydrogens (primary N) is 1. The Morgan fingerprint density at radius 1 is 1.33 bits per heavy atom. The molecular formula is C11H12N2O2. The summed E-state index contributed by atoms with van der Waals surface area (Å²) in [6.07, 6.45) is -0.695. The molecule has 1 aromatic heterocycles. The van der Waals surface area contributed by atoms with Gasteiger partial charge in [-0.05, 0) is 17.7 Å². The fourth-order valence-corrected chi connectivity index (χ4v) is 1.63. The number of benzene rings is 1. The molecule has 15 heavy (non-hydrogen) atoms. The van der Waals surface area contributed by atoms with Crippen molar-refractivity contribution in [2.24, 2.45) is 5.73 Å². The summed E-state index contributed by atoms with van der Waals surface area (Å²) in [6, 6.07) is 8.52. The number of nitrogens with one attached hydrogen (secondary N) is 1. The minimum absolute atomic E-state index is 0.151. The van der Waals surface area contributed by atoms with Gasteiger partial charge < -0.3 is 15.8 Å². The van der Waals surface area contributed by atoms with Gasteiger partial charge in [0.2, 0.25) is 5.56 Å². The van der Waals surface area contributed by atoms with E-state index in [9.17, 15) is 9.90 Å². The number of aromatic amines is 1. The molecule has 4 heteroatoms. The summed E-state index contributed by atoms with van der Waals surface area (Å²) in [7, 11) is 0. The summed E-state index contributed by atoms with van der Waals surface area (Å²) in [4.78, 5) is 13.8. The van der Waals surface area contributed by atoms with Crippen LogP contribution in [-0.2, 0) is 0 Å². The third-order valence-corrected chi connectivity index (χ3v) is 2.38. The maximum atomic E-state index is 11.1. The lowest BCUT2D eigenvalue weighted by molar-refractivity contribution is 0.188. The third-order valence-electron chi connectivity index (χ3n) is 2.38. The Balaban J connectivity index is 2.71. The van der Waals surface area contributed by atoms with Crippen LogP contribution < -0.4 is 11.3 Å². The Morgan fingerprint density at radius 2 is 2.13 bits per heavy atom. The van der Waals surface area contributed by atoms with Gasteiger partial charge in [0.1, 0.15) is 0 Å². The van der Waals surface area contributed by atoms with Gasteiger partial charge in [-0.1, -0.05) is 12.1 Å². The highest BCUT2D eigenvalue weighted by molar-refractivity contribution is 5.82. The number of pyridine rings is 1.